The van der Waals surface area contributed by atoms with Gasteiger partial charge in [0, 0.05) is 22.5 Å². The molecule has 0 aliphatic heterocycles. The Kier molecular flexibility index (Phi) is 4.63. The Morgan fingerprint density at radius 1 is 1.35 bits per heavy atom. The fraction of sp³-hybridized carbons (Fsp3) is 0.200. The number of pyridine rings is 1. The number of hydrogen-bond acceptors (Lipinski definition) is 5. The maximum atomic E-state index is 11.3. The number of carbonyl (C=O) groups excluding carboxylic acids is 1. The van der Waals surface area contributed by atoms with E-state index >= 15 is 0 Å². The summed E-state index contributed by atoms with van der Waals surface area (Å²) in [6.07, 6.45) is 1.53. The highest BCUT2D eigenvalue weighted by Gasteiger charge is 2.06. The van der Waals surface area contributed by atoms with Crippen LogP contribution in [0.5, 0.6) is 0 Å². The van der Waals surface area contributed by atoms with E-state index in [1.54, 1.807) is 17.8 Å². The van der Waals surface area contributed by atoms with Crippen LogP contribution in [0.25, 0.3) is 0 Å². The average Bonchev–Trinajstić information content (AvgIpc) is 2.48. The normalized spacial score (nSPS) is 10.3. The van der Waals surface area contributed by atoms with Crippen molar-refractivity contribution in [1.29, 1.82) is 0 Å². The van der Waals surface area contributed by atoms with Crippen molar-refractivity contribution in [1.82, 2.24) is 4.98 Å². The van der Waals surface area contributed by atoms with Crippen LogP contribution in [-0.2, 0) is 10.5 Å². The highest BCUT2D eigenvalue weighted by molar-refractivity contribution is 7.98. The lowest BCUT2D eigenvalue weighted by Crippen LogP contribution is -2.02. The Morgan fingerprint density at radius 2 is 2.15 bits per heavy atom. The Morgan fingerprint density at radius 3 is 2.80 bits per heavy atom. The summed E-state index contributed by atoms with van der Waals surface area (Å²) in [7, 11) is 1.35. The maximum absolute atomic E-state index is 11.3. The summed E-state index contributed by atoms with van der Waals surface area (Å²) in [6.45, 7) is 2.03. The SMILES string of the molecule is COC(=O)c1ccc(CSc2cc(C)ccc2N)nc1. The number of aromatic nitrogens is 1. The van der Waals surface area contributed by atoms with E-state index in [9.17, 15) is 4.79 Å². The molecule has 104 valence electrons. The second kappa shape index (κ2) is 6.43. The number of anilines is 1. The topological polar surface area (TPSA) is 65.2 Å². The maximum Gasteiger partial charge on any atom is 0.339 e. The van der Waals surface area contributed by atoms with Crippen LogP contribution in [0.3, 0.4) is 0 Å². The Labute approximate surface area is 122 Å². The minimum absolute atomic E-state index is 0.375. The van der Waals surface area contributed by atoms with Gasteiger partial charge in [0.05, 0.1) is 18.4 Å². The van der Waals surface area contributed by atoms with Gasteiger partial charge in [-0.25, -0.2) is 4.79 Å². The number of nitrogens with two attached hydrogens (primary N) is 1. The molecule has 0 aliphatic rings. The van der Waals surface area contributed by atoms with Gasteiger partial charge >= 0.3 is 5.97 Å². The van der Waals surface area contributed by atoms with Gasteiger partial charge in [-0.15, -0.1) is 11.8 Å². The summed E-state index contributed by atoms with van der Waals surface area (Å²) in [5.41, 5.74) is 9.23. The monoisotopic (exact) mass is 288 g/mol. The smallest absolute Gasteiger partial charge is 0.339 e. The van der Waals surface area contributed by atoms with E-state index < -0.39 is 0 Å². The Balaban J connectivity index is 2.04. The van der Waals surface area contributed by atoms with E-state index in [2.05, 4.69) is 15.8 Å². The molecule has 0 spiro atoms. The van der Waals surface area contributed by atoms with Crippen LogP contribution in [-0.4, -0.2) is 18.1 Å². The predicted octanol–water partition coefficient (Wildman–Crippen LogP) is 3.05. The Bertz CT molecular complexity index is 612. The molecule has 0 saturated carbocycles. The van der Waals surface area contributed by atoms with Crippen LogP contribution in [0.15, 0.2) is 41.4 Å². The number of rotatable bonds is 4. The zero-order valence-corrected chi connectivity index (χ0v) is 12.2. The number of methoxy groups -OCH3 is 1. The first-order valence-electron chi connectivity index (χ1n) is 6.12. The van der Waals surface area contributed by atoms with Gasteiger partial charge < -0.3 is 10.5 Å². The second-order valence-electron chi connectivity index (χ2n) is 4.36. The summed E-state index contributed by atoms with van der Waals surface area (Å²) < 4.78 is 4.63. The summed E-state index contributed by atoms with van der Waals surface area (Å²) in [4.78, 5) is 16.6. The van der Waals surface area contributed by atoms with Gasteiger partial charge in [-0.3, -0.25) is 4.98 Å². The molecule has 0 unspecified atom stereocenters. The molecule has 20 heavy (non-hydrogen) atoms. The van der Waals surface area contributed by atoms with E-state index in [0.717, 1.165) is 16.3 Å². The fourth-order valence-electron chi connectivity index (χ4n) is 1.67. The number of nitrogen functional groups attached to an aromatic ring is 1. The van der Waals surface area contributed by atoms with Gasteiger partial charge in [-0.1, -0.05) is 6.07 Å². The predicted molar refractivity (Wildman–Crippen MR) is 80.7 cm³/mol. The summed E-state index contributed by atoms with van der Waals surface area (Å²) >= 11 is 1.63. The van der Waals surface area contributed by atoms with Gasteiger partial charge in [-0.05, 0) is 36.8 Å². The number of benzene rings is 1. The lowest BCUT2D eigenvalue weighted by Gasteiger charge is -2.06. The van der Waals surface area contributed by atoms with Crippen LogP contribution in [0.1, 0.15) is 21.6 Å². The van der Waals surface area contributed by atoms with Crippen LogP contribution < -0.4 is 5.73 Å². The lowest BCUT2D eigenvalue weighted by molar-refractivity contribution is 0.0600. The van der Waals surface area contributed by atoms with E-state index in [1.165, 1.54) is 18.9 Å². The van der Waals surface area contributed by atoms with Crippen LogP contribution in [0, 0.1) is 6.92 Å². The number of carbonyl (C=O) groups is 1. The minimum atomic E-state index is -0.375. The molecule has 0 amide bonds. The molecule has 0 fully saturated rings. The second-order valence-corrected chi connectivity index (χ2v) is 5.38. The molecule has 0 aliphatic carbocycles. The molecule has 0 atom stereocenters. The molecular weight excluding hydrogens is 272 g/mol. The molecular formula is C15H16N2O2S. The van der Waals surface area contributed by atoms with Crippen molar-refractivity contribution >= 4 is 23.4 Å². The van der Waals surface area contributed by atoms with Crippen LogP contribution in [0.4, 0.5) is 5.69 Å². The number of hydrogen-bond donors (Lipinski definition) is 1. The average molecular weight is 288 g/mol. The number of ether oxygens (including phenoxy) is 1. The molecule has 2 aromatic rings. The van der Waals surface area contributed by atoms with Crippen molar-refractivity contribution in [3.63, 3.8) is 0 Å². The quantitative estimate of drug-likeness (QED) is 0.532. The van der Waals surface area contributed by atoms with Crippen molar-refractivity contribution in [2.75, 3.05) is 12.8 Å². The molecule has 4 nitrogen and oxygen atoms in total. The number of nitrogens with zero attached hydrogens (tertiary/aromatic N) is 1. The molecule has 5 heteroatoms. The Hall–Kier alpha value is -2.01. The first-order valence-corrected chi connectivity index (χ1v) is 7.11. The molecule has 2 N–H and O–H groups in total. The van der Waals surface area contributed by atoms with Gasteiger partial charge in [0.15, 0.2) is 0 Å². The minimum Gasteiger partial charge on any atom is -0.465 e. The van der Waals surface area contributed by atoms with Crippen molar-refractivity contribution in [3.05, 3.63) is 53.3 Å². The van der Waals surface area contributed by atoms with Crippen molar-refractivity contribution in [2.45, 2.75) is 17.6 Å². The first kappa shape index (κ1) is 14.4. The summed E-state index contributed by atoms with van der Waals surface area (Å²) in [5.74, 6) is 0.328. The largest absolute Gasteiger partial charge is 0.465 e. The first-order chi connectivity index (χ1) is 9.60. The van der Waals surface area contributed by atoms with Crippen LogP contribution >= 0.6 is 11.8 Å². The van der Waals surface area contributed by atoms with Crippen LogP contribution in [0.2, 0.25) is 0 Å². The zero-order valence-electron chi connectivity index (χ0n) is 11.4. The third-order valence-corrected chi connectivity index (χ3v) is 3.90. The molecule has 1 aromatic heterocycles. The zero-order chi connectivity index (χ0) is 14.5. The van der Waals surface area contributed by atoms with Crippen molar-refractivity contribution < 1.29 is 9.53 Å². The van der Waals surface area contributed by atoms with Crippen molar-refractivity contribution in [3.8, 4) is 0 Å². The van der Waals surface area contributed by atoms with Gasteiger partial charge in [0.1, 0.15) is 0 Å². The van der Waals surface area contributed by atoms with Gasteiger partial charge in [0.25, 0.3) is 0 Å². The molecule has 0 saturated heterocycles. The molecule has 1 aromatic carbocycles. The highest BCUT2D eigenvalue weighted by atomic mass is 32.2. The standard InChI is InChI=1S/C15H16N2O2S/c1-10-3-6-13(16)14(7-10)20-9-12-5-4-11(8-17-12)15(18)19-2/h3-8H,9,16H2,1-2H3. The summed E-state index contributed by atoms with van der Waals surface area (Å²) in [6, 6.07) is 9.50. The number of aryl methyl sites for hydroxylation is 1. The van der Waals surface area contributed by atoms with Gasteiger partial charge in [-0.2, -0.15) is 0 Å². The lowest BCUT2D eigenvalue weighted by atomic mass is 10.2. The highest BCUT2D eigenvalue weighted by Crippen LogP contribution is 2.28. The summed E-state index contributed by atoms with van der Waals surface area (Å²) in [5, 5.41) is 0. The molecule has 0 bridgehead atoms. The number of esters is 1. The number of thioether (sulfide) groups is 1. The van der Waals surface area contributed by atoms with E-state index in [-0.39, 0.29) is 5.97 Å². The van der Waals surface area contributed by atoms with E-state index in [1.807, 2.05) is 25.1 Å². The molecule has 0 radical (unpaired) electrons. The van der Waals surface area contributed by atoms with Gasteiger partial charge in [0.2, 0.25) is 0 Å². The third kappa shape index (κ3) is 3.51. The third-order valence-electron chi connectivity index (χ3n) is 2.79. The fourth-order valence-corrected chi connectivity index (χ4v) is 2.64. The van der Waals surface area contributed by atoms with E-state index in [4.69, 9.17) is 5.73 Å². The molecule has 2 rings (SSSR count). The van der Waals surface area contributed by atoms with Crippen molar-refractivity contribution in [2.24, 2.45) is 0 Å². The molecule has 1 heterocycles. The van der Waals surface area contributed by atoms with E-state index in [0.29, 0.717) is 11.3 Å².